The predicted molar refractivity (Wildman–Crippen MR) is 71.3 cm³/mol. The minimum absolute atomic E-state index is 0.0832. The lowest BCUT2D eigenvalue weighted by atomic mass is 10.1. The third-order valence-corrected chi connectivity index (χ3v) is 2.66. The van der Waals surface area contributed by atoms with Crippen molar-refractivity contribution < 1.29 is 14.8 Å². The molecule has 0 radical (unpaired) electrons. The zero-order valence-corrected chi connectivity index (χ0v) is 10.4. The first kappa shape index (κ1) is 13.5. The van der Waals surface area contributed by atoms with E-state index in [0.29, 0.717) is 0 Å². The molecule has 2 aromatic rings. The number of nitrogens with one attached hydrogen (secondary N) is 1. The fraction of sp³-hybridized carbons (Fsp3) is 0.0714. The third kappa shape index (κ3) is 3.32. The second kappa shape index (κ2) is 5.83. The predicted octanol–water partition coefficient (Wildman–Crippen LogP) is 1.85. The van der Waals surface area contributed by atoms with Gasteiger partial charge in [-0.25, -0.2) is 0 Å². The van der Waals surface area contributed by atoms with Crippen molar-refractivity contribution in [2.24, 2.45) is 0 Å². The maximum atomic E-state index is 11.8. The SMILES string of the molecule is O=C(Cc1ccccc1)Nc1cc([N+](=O)[O-])ccc1[O-]. The van der Waals surface area contributed by atoms with Crippen LogP contribution in [0.5, 0.6) is 5.75 Å². The molecule has 2 aromatic carbocycles. The van der Waals surface area contributed by atoms with E-state index in [1.165, 1.54) is 0 Å². The lowest BCUT2D eigenvalue weighted by molar-refractivity contribution is -0.385. The van der Waals surface area contributed by atoms with Gasteiger partial charge in [-0.2, -0.15) is 0 Å². The number of hydrogen-bond donors (Lipinski definition) is 1. The highest BCUT2D eigenvalue weighted by Gasteiger charge is 2.09. The van der Waals surface area contributed by atoms with Crippen LogP contribution < -0.4 is 10.4 Å². The number of non-ortho nitro benzene ring substituents is 1. The van der Waals surface area contributed by atoms with E-state index < -0.39 is 16.6 Å². The number of rotatable bonds is 4. The maximum Gasteiger partial charge on any atom is 0.271 e. The largest absolute Gasteiger partial charge is 0.871 e. The standard InChI is InChI=1S/C14H12N2O4/c17-13-7-6-11(16(19)20)9-12(13)15-14(18)8-10-4-2-1-3-5-10/h1-7,9,17H,8H2,(H,15,18)/p-1. The van der Waals surface area contributed by atoms with Gasteiger partial charge in [-0.1, -0.05) is 42.1 Å². The van der Waals surface area contributed by atoms with E-state index in [0.717, 1.165) is 23.8 Å². The Morgan fingerprint density at radius 1 is 1.15 bits per heavy atom. The van der Waals surface area contributed by atoms with Gasteiger partial charge in [0.15, 0.2) is 0 Å². The summed E-state index contributed by atoms with van der Waals surface area (Å²) >= 11 is 0. The van der Waals surface area contributed by atoms with Crippen LogP contribution >= 0.6 is 0 Å². The van der Waals surface area contributed by atoms with Crippen molar-refractivity contribution in [3.05, 3.63) is 64.2 Å². The average molecular weight is 271 g/mol. The lowest BCUT2D eigenvalue weighted by Crippen LogP contribution is -2.15. The van der Waals surface area contributed by atoms with Crippen LogP contribution in [0.2, 0.25) is 0 Å². The Bertz CT molecular complexity index is 641. The minimum atomic E-state index is -0.619. The summed E-state index contributed by atoms with van der Waals surface area (Å²) < 4.78 is 0. The van der Waals surface area contributed by atoms with Crippen molar-refractivity contribution >= 4 is 17.3 Å². The molecule has 0 bridgehead atoms. The van der Waals surface area contributed by atoms with E-state index in [4.69, 9.17) is 0 Å². The molecule has 0 atom stereocenters. The monoisotopic (exact) mass is 271 g/mol. The molecular formula is C14H11N2O4-. The first-order chi connectivity index (χ1) is 9.56. The number of nitro groups is 1. The van der Waals surface area contributed by atoms with Crippen molar-refractivity contribution in [3.63, 3.8) is 0 Å². The molecule has 0 saturated carbocycles. The van der Waals surface area contributed by atoms with Crippen LogP contribution in [0.3, 0.4) is 0 Å². The van der Waals surface area contributed by atoms with Gasteiger partial charge in [0.05, 0.1) is 11.3 Å². The molecule has 0 aliphatic heterocycles. The molecule has 6 heteroatoms. The summed E-state index contributed by atoms with van der Waals surface area (Å²) in [7, 11) is 0. The zero-order valence-electron chi connectivity index (χ0n) is 10.4. The van der Waals surface area contributed by atoms with E-state index in [-0.39, 0.29) is 17.8 Å². The summed E-state index contributed by atoms with van der Waals surface area (Å²) in [5.41, 5.74) is 0.475. The van der Waals surface area contributed by atoms with Crippen LogP contribution in [0.15, 0.2) is 48.5 Å². The Kier molecular flexibility index (Phi) is 3.95. The number of hydrogen-bond acceptors (Lipinski definition) is 4. The van der Waals surface area contributed by atoms with Gasteiger partial charge in [0.2, 0.25) is 5.91 Å². The highest BCUT2D eigenvalue weighted by molar-refractivity contribution is 5.93. The number of nitro benzene ring substituents is 1. The summed E-state index contributed by atoms with van der Waals surface area (Å²) in [6.07, 6.45) is 0.100. The van der Waals surface area contributed by atoms with Crippen LogP contribution in [0.25, 0.3) is 0 Å². The maximum absolute atomic E-state index is 11.8. The molecule has 102 valence electrons. The van der Waals surface area contributed by atoms with Crippen LogP contribution in [-0.4, -0.2) is 10.8 Å². The summed E-state index contributed by atoms with van der Waals surface area (Å²) in [5, 5.41) is 24.6. The van der Waals surface area contributed by atoms with Crippen LogP contribution in [-0.2, 0) is 11.2 Å². The molecule has 1 amide bonds. The Hall–Kier alpha value is -2.89. The van der Waals surface area contributed by atoms with Gasteiger partial charge in [-0.15, -0.1) is 0 Å². The molecule has 0 saturated heterocycles. The number of nitrogens with zero attached hydrogens (tertiary/aromatic N) is 1. The van der Waals surface area contributed by atoms with Crippen LogP contribution in [0.4, 0.5) is 11.4 Å². The van der Waals surface area contributed by atoms with E-state index in [1.807, 2.05) is 6.07 Å². The third-order valence-electron chi connectivity index (χ3n) is 2.66. The number of anilines is 1. The first-order valence-corrected chi connectivity index (χ1v) is 5.85. The summed E-state index contributed by atoms with van der Waals surface area (Å²) in [6, 6.07) is 12.2. The second-order valence-electron chi connectivity index (χ2n) is 4.15. The van der Waals surface area contributed by atoms with Gasteiger partial charge in [0.25, 0.3) is 5.69 Å². The van der Waals surface area contributed by atoms with Gasteiger partial charge in [-0.3, -0.25) is 14.9 Å². The Balaban J connectivity index is 2.11. The Morgan fingerprint density at radius 2 is 1.85 bits per heavy atom. The topological polar surface area (TPSA) is 95.3 Å². The number of carbonyl (C=O) groups is 1. The van der Waals surface area contributed by atoms with Crippen molar-refractivity contribution in [2.75, 3.05) is 5.32 Å². The molecule has 0 unspecified atom stereocenters. The number of benzene rings is 2. The van der Waals surface area contributed by atoms with Crippen LogP contribution in [0, 0.1) is 10.1 Å². The average Bonchev–Trinajstić information content (AvgIpc) is 2.42. The number of amides is 1. The Morgan fingerprint density at radius 3 is 2.50 bits per heavy atom. The molecule has 0 aliphatic carbocycles. The molecule has 20 heavy (non-hydrogen) atoms. The van der Waals surface area contributed by atoms with Crippen molar-refractivity contribution in [2.45, 2.75) is 6.42 Å². The first-order valence-electron chi connectivity index (χ1n) is 5.85. The van der Waals surface area contributed by atoms with Crippen LogP contribution in [0.1, 0.15) is 5.56 Å². The molecule has 1 N–H and O–H groups in total. The van der Waals surface area contributed by atoms with Gasteiger partial charge in [0, 0.05) is 17.8 Å². The van der Waals surface area contributed by atoms with Crippen molar-refractivity contribution in [1.29, 1.82) is 0 Å². The van der Waals surface area contributed by atoms with Crippen molar-refractivity contribution in [1.82, 2.24) is 0 Å². The number of carbonyl (C=O) groups excluding carboxylic acids is 1. The molecule has 2 rings (SSSR count). The van der Waals surface area contributed by atoms with E-state index in [2.05, 4.69) is 5.32 Å². The molecular weight excluding hydrogens is 260 g/mol. The van der Waals surface area contributed by atoms with Crippen molar-refractivity contribution in [3.8, 4) is 5.75 Å². The Labute approximate surface area is 114 Å². The fourth-order valence-corrected chi connectivity index (χ4v) is 1.70. The molecule has 0 spiro atoms. The zero-order chi connectivity index (χ0) is 14.5. The quantitative estimate of drug-likeness (QED) is 0.678. The normalized spacial score (nSPS) is 10.0. The molecule has 0 aliphatic rings. The van der Waals surface area contributed by atoms with E-state index in [1.54, 1.807) is 24.3 Å². The molecule has 0 aromatic heterocycles. The molecule has 0 heterocycles. The van der Waals surface area contributed by atoms with E-state index in [9.17, 15) is 20.0 Å². The lowest BCUT2D eigenvalue weighted by Gasteiger charge is -2.13. The molecule has 6 nitrogen and oxygen atoms in total. The minimum Gasteiger partial charge on any atom is -0.871 e. The second-order valence-corrected chi connectivity index (χ2v) is 4.15. The van der Waals surface area contributed by atoms with Gasteiger partial charge in [0.1, 0.15) is 0 Å². The summed E-state index contributed by atoms with van der Waals surface area (Å²) in [5.74, 6) is -0.856. The van der Waals surface area contributed by atoms with E-state index >= 15 is 0 Å². The molecule has 0 fully saturated rings. The highest BCUT2D eigenvalue weighted by atomic mass is 16.6. The smallest absolute Gasteiger partial charge is 0.271 e. The van der Waals surface area contributed by atoms with Gasteiger partial charge in [-0.05, 0) is 5.56 Å². The summed E-state index contributed by atoms with van der Waals surface area (Å²) in [4.78, 5) is 21.8. The fourth-order valence-electron chi connectivity index (χ4n) is 1.70. The summed E-state index contributed by atoms with van der Waals surface area (Å²) in [6.45, 7) is 0. The highest BCUT2D eigenvalue weighted by Crippen LogP contribution is 2.25. The van der Waals surface area contributed by atoms with Gasteiger partial charge >= 0.3 is 0 Å². The van der Waals surface area contributed by atoms with Gasteiger partial charge < -0.3 is 10.4 Å².